The molecule has 0 aliphatic rings. The molecule has 2 aromatic rings. The predicted molar refractivity (Wildman–Crippen MR) is 111 cm³/mol. The molecular weight excluding hydrogens is 356 g/mol. The molecule has 0 radical (unpaired) electrons. The molecule has 0 aromatic carbocycles. The molecule has 0 saturated heterocycles. The van der Waals surface area contributed by atoms with Crippen molar-refractivity contribution < 1.29 is 14.7 Å². The maximum atomic E-state index is 11.3. The van der Waals surface area contributed by atoms with Crippen LogP contribution in [0.15, 0.2) is 24.4 Å². The van der Waals surface area contributed by atoms with Crippen LogP contribution in [-0.2, 0) is 16.0 Å². The van der Waals surface area contributed by atoms with Gasteiger partial charge in [-0.1, -0.05) is 27.7 Å². The average Bonchev–Trinajstić information content (AvgIpc) is 2.96. The molecule has 0 aliphatic carbocycles. The summed E-state index contributed by atoms with van der Waals surface area (Å²) in [6.07, 6.45) is 6.84. The first-order chi connectivity index (χ1) is 13.2. The Morgan fingerprint density at radius 1 is 1.43 bits per heavy atom. The lowest BCUT2D eigenvalue weighted by atomic mass is 9.84. The van der Waals surface area contributed by atoms with Crippen molar-refractivity contribution in [2.45, 2.75) is 40.5 Å². The third-order valence-electron chi connectivity index (χ3n) is 4.38. The number of rotatable bonds is 9. The van der Waals surface area contributed by atoms with Crippen molar-refractivity contribution in [2.75, 3.05) is 25.6 Å². The summed E-state index contributed by atoms with van der Waals surface area (Å²) in [4.78, 5) is 16.2. The Hall–Kier alpha value is -2.38. The Bertz CT molecular complexity index is 821. The van der Waals surface area contributed by atoms with Gasteiger partial charge < -0.3 is 10.1 Å². The highest BCUT2D eigenvalue weighted by Crippen LogP contribution is 2.29. The monoisotopic (exact) mass is 388 g/mol. The standard InChI is InChI=1S/C21H32N4O3/c1-15(14-21(2,3)4)13-17-20(22-10-12-28-5)25-11-6-7-16(19(25)23-17)8-9-18(26)24-27/h6-9,11,15,22,27H,10,12-14H2,1-5H3,(H,24,26)/b9-8+. The summed E-state index contributed by atoms with van der Waals surface area (Å²) >= 11 is 0. The lowest BCUT2D eigenvalue weighted by molar-refractivity contribution is -0.124. The number of ether oxygens (including phenoxy) is 1. The van der Waals surface area contributed by atoms with Crippen LogP contribution in [-0.4, -0.2) is 40.8 Å². The number of carbonyl (C=O) groups excluding carboxylic acids is 1. The first-order valence-corrected chi connectivity index (χ1v) is 9.60. The molecule has 0 saturated carbocycles. The summed E-state index contributed by atoms with van der Waals surface area (Å²) in [7, 11) is 1.68. The molecule has 2 heterocycles. The number of fused-ring (bicyclic) bond motifs is 1. The van der Waals surface area contributed by atoms with Crippen molar-refractivity contribution in [3.8, 4) is 0 Å². The van der Waals surface area contributed by atoms with Crippen LogP contribution in [0, 0.1) is 11.3 Å². The zero-order valence-electron chi connectivity index (χ0n) is 17.5. The van der Waals surface area contributed by atoms with Crippen LogP contribution in [0.2, 0.25) is 0 Å². The van der Waals surface area contributed by atoms with E-state index in [0.717, 1.165) is 35.6 Å². The van der Waals surface area contributed by atoms with Crippen molar-refractivity contribution in [3.05, 3.63) is 35.7 Å². The second-order valence-corrected chi connectivity index (χ2v) is 8.37. The van der Waals surface area contributed by atoms with Crippen LogP contribution < -0.4 is 10.8 Å². The second-order valence-electron chi connectivity index (χ2n) is 8.37. The number of aromatic nitrogens is 2. The first kappa shape index (κ1) is 21.9. The van der Waals surface area contributed by atoms with Crippen LogP contribution >= 0.6 is 0 Å². The number of carbonyl (C=O) groups is 1. The fourth-order valence-electron chi connectivity index (χ4n) is 3.52. The first-order valence-electron chi connectivity index (χ1n) is 9.60. The van der Waals surface area contributed by atoms with Gasteiger partial charge in [-0.2, -0.15) is 0 Å². The normalized spacial score (nSPS) is 13.2. The van der Waals surface area contributed by atoms with Gasteiger partial charge in [0.05, 0.1) is 12.3 Å². The van der Waals surface area contributed by atoms with Crippen molar-refractivity contribution in [1.29, 1.82) is 0 Å². The van der Waals surface area contributed by atoms with Crippen LogP contribution in [0.5, 0.6) is 0 Å². The molecule has 7 heteroatoms. The fourth-order valence-corrected chi connectivity index (χ4v) is 3.52. The molecule has 0 fully saturated rings. The lowest BCUT2D eigenvalue weighted by Gasteiger charge is -2.23. The summed E-state index contributed by atoms with van der Waals surface area (Å²) < 4.78 is 7.17. The minimum Gasteiger partial charge on any atom is -0.383 e. The highest BCUT2D eigenvalue weighted by atomic mass is 16.5. The predicted octanol–water partition coefficient (Wildman–Crippen LogP) is 3.53. The molecule has 0 aliphatic heterocycles. The van der Waals surface area contributed by atoms with Crippen LogP contribution in [0.1, 0.15) is 45.4 Å². The van der Waals surface area contributed by atoms with Gasteiger partial charge in [0.2, 0.25) is 0 Å². The largest absolute Gasteiger partial charge is 0.383 e. The van der Waals surface area contributed by atoms with Gasteiger partial charge in [0.1, 0.15) is 11.5 Å². The smallest absolute Gasteiger partial charge is 0.267 e. The summed E-state index contributed by atoms with van der Waals surface area (Å²) in [5.41, 5.74) is 4.43. The van der Waals surface area contributed by atoms with Gasteiger partial charge in [0.25, 0.3) is 5.91 Å². The molecule has 0 bridgehead atoms. The van der Waals surface area contributed by atoms with E-state index in [4.69, 9.17) is 14.9 Å². The average molecular weight is 389 g/mol. The number of nitrogens with zero attached hydrogens (tertiary/aromatic N) is 2. The number of amides is 1. The van der Waals surface area contributed by atoms with Crippen molar-refractivity contribution in [1.82, 2.24) is 14.9 Å². The van der Waals surface area contributed by atoms with E-state index in [1.807, 2.05) is 22.7 Å². The Morgan fingerprint density at radius 2 is 2.18 bits per heavy atom. The molecule has 1 atom stereocenters. The van der Waals surface area contributed by atoms with Gasteiger partial charge in [0.15, 0.2) is 0 Å². The van der Waals surface area contributed by atoms with Crippen LogP contribution in [0.25, 0.3) is 11.7 Å². The number of hydrogen-bond acceptors (Lipinski definition) is 5. The van der Waals surface area contributed by atoms with Gasteiger partial charge in [-0.3, -0.25) is 14.4 Å². The molecular formula is C21H32N4O3. The van der Waals surface area contributed by atoms with E-state index in [-0.39, 0.29) is 5.41 Å². The summed E-state index contributed by atoms with van der Waals surface area (Å²) in [6.45, 7) is 10.3. The Morgan fingerprint density at radius 3 is 2.82 bits per heavy atom. The van der Waals surface area contributed by atoms with Gasteiger partial charge >= 0.3 is 0 Å². The number of pyridine rings is 1. The molecule has 7 nitrogen and oxygen atoms in total. The molecule has 28 heavy (non-hydrogen) atoms. The number of nitrogens with one attached hydrogen (secondary N) is 2. The number of imidazole rings is 1. The highest BCUT2D eigenvalue weighted by Gasteiger charge is 2.20. The topological polar surface area (TPSA) is 87.9 Å². The minimum atomic E-state index is -0.578. The third-order valence-corrected chi connectivity index (χ3v) is 4.38. The highest BCUT2D eigenvalue weighted by molar-refractivity contribution is 5.92. The summed E-state index contributed by atoms with van der Waals surface area (Å²) in [5.74, 6) is 0.854. The molecule has 0 spiro atoms. The van der Waals surface area contributed by atoms with E-state index in [1.54, 1.807) is 18.7 Å². The lowest BCUT2D eigenvalue weighted by Crippen LogP contribution is -2.15. The number of hydroxylamine groups is 1. The zero-order valence-corrected chi connectivity index (χ0v) is 17.5. The van der Waals surface area contributed by atoms with E-state index in [0.29, 0.717) is 19.1 Å². The Balaban J connectivity index is 2.41. The van der Waals surface area contributed by atoms with E-state index in [2.05, 4.69) is 33.0 Å². The molecule has 1 amide bonds. The van der Waals surface area contributed by atoms with Gasteiger partial charge in [-0.25, -0.2) is 10.5 Å². The van der Waals surface area contributed by atoms with Gasteiger partial charge in [-0.15, -0.1) is 0 Å². The van der Waals surface area contributed by atoms with Crippen LogP contribution in [0.3, 0.4) is 0 Å². The number of anilines is 1. The molecule has 1 unspecified atom stereocenters. The SMILES string of the molecule is COCCNc1c(CC(C)CC(C)(C)C)nc2c(/C=C/C(=O)NO)cccn12. The molecule has 154 valence electrons. The maximum absolute atomic E-state index is 11.3. The summed E-state index contributed by atoms with van der Waals surface area (Å²) in [6, 6.07) is 3.81. The quantitative estimate of drug-likeness (QED) is 0.265. The zero-order chi connectivity index (χ0) is 20.7. The fraction of sp³-hybridized carbons (Fsp3) is 0.524. The van der Waals surface area contributed by atoms with E-state index < -0.39 is 5.91 Å². The maximum Gasteiger partial charge on any atom is 0.267 e. The third kappa shape index (κ3) is 6.07. The number of methoxy groups -OCH3 is 1. The number of hydrogen-bond donors (Lipinski definition) is 3. The Kier molecular flexibility index (Phi) is 7.60. The van der Waals surface area contributed by atoms with Crippen molar-refractivity contribution in [2.24, 2.45) is 11.3 Å². The molecule has 2 aromatic heterocycles. The van der Waals surface area contributed by atoms with Gasteiger partial charge in [0, 0.05) is 31.5 Å². The van der Waals surface area contributed by atoms with E-state index in [1.165, 1.54) is 6.08 Å². The van der Waals surface area contributed by atoms with Crippen LogP contribution in [0.4, 0.5) is 5.82 Å². The van der Waals surface area contributed by atoms with E-state index >= 15 is 0 Å². The minimum absolute atomic E-state index is 0.258. The Labute approximate surface area is 166 Å². The molecule has 2 rings (SSSR count). The molecule has 3 N–H and O–H groups in total. The summed E-state index contributed by atoms with van der Waals surface area (Å²) in [5, 5.41) is 12.1. The van der Waals surface area contributed by atoms with E-state index in [9.17, 15) is 4.79 Å². The van der Waals surface area contributed by atoms with Crippen molar-refractivity contribution in [3.63, 3.8) is 0 Å². The van der Waals surface area contributed by atoms with Crippen molar-refractivity contribution >= 4 is 23.4 Å². The van der Waals surface area contributed by atoms with Gasteiger partial charge in [-0.05, 0) is 42.4 Å². The second kappa shape index (κ2) is 9.71.